The van der Waals surface area contributed by atoms with Crippen LogP contribution in [0.15, 0.2) is 12.1 Å². The van der Waals surface area contributed by atoms with Gasteiger partial charge in [0.15, 0.2) is 0 Å². The molecule has 0 amide bonds. The van der Waals surface area contributed by atoms with E-state index in [4.69, 9.17) is 5.26 Å². The summed E-state index contributed by atoms with van der Waals surface area (Å²) >= 11 is 0. The number of nitrogens with zero attached hydrogens (tertiary/aromatic N) is 1. The van der Waals surface area contributed by atoms with Gasteiger partial charge in [-0.2, -0.15) is 5.26 Å². The highest BCUT2D eigenvalue weighted by atomic mass is 16.5. The van der Waals surface area contributed by atoms with Crippen LogP contribution in [0.4, 0.5) is 0 Å². The maximum absolute atomic E-state index is 11.1. The van der Waals surface area contributed by atoms with Crippen LogP contribution >= 0.6 is 0 Å². The fourth-order valence-electron chi connectivity index (χ4n) is 1.45. The van der Waals surface area contributed by atoms with Gasteiger partial charge in [-0.15, -0.1) is 0 Å². The summed E-state index contributed by atoms with van der Waals surface area (Å²) in [7, 11) is 1.30. The van der Waals surface area contributed by atoms with Gasteiger partial charge in [-0.05, 0) is 18.1 Å². The van der Waals surface area contributed by atoms with Crippen molar-refractivity contribution in [2.45, 2.75) is 19.8 Å². The topological polar surface area (TPSA) is 70.3 Å². The Morgan fingerprint density at radius 3 is 2.69 bits per heavy atom. The van der Waals surface area contributed by atoms with Gasteiger partial charge in [0, 0.05) is 5.56 Å². The molecule has 0 saturated heterocycles. The first-order valence-electron chi connectivity index (χ1n) is 4.94. The largest absolute Gasteiger partial charge is 0.508 e. The molecule has 4 heteroatoms. The molecule has 0 fully saturated rings. The van der Waals surface area contributed by atoms with Crippen LogP contribution in [0.2, 0.25) is 0 Å². The Bertz CT molecular complexity index is 446. The van der Waals surface area contributed by atoms with Gasteiger partial charge in [0.25, 0.3) is 0 Å². The van der Waals surface area contributed by atoms with Crippen LogP contribution in [0, 0.1) is 11.3 Å². The minimum atomic E-state index is -0.415. The van der Waals surface area contributed by atoms with Crippen molar-refractivity contribution in [3.8, 4) is 11.8 Å². The van der Waals surface area contributed by atoms with Crippen molar-refractivity contribution in [2.75, 3.05) is 7.11 Å². The Labute approximate surface area is 94.1 Å². The van der Waals surface area contributed by atoms with Crippen molar-refractivity contribution >= 4 is 5.97 Å². The van der Waals surface area contributed by atoms with Crippen LogP contribution < -0.4 is 0 Å². The second-order valence-corrected chi connectivity index (χ2v) is 3.36. The number of rotatable bonds is 3. The zero-order valence-corrected chi connectivity index (χ0v) is 9.28. The Balaban J connectivity index is 3.12. The average molecular weight is 219 g/mol. The van der Waals surface area contributed by atoms with Crippen LogP contribution in [-0.4, -0.2) is 18.2 Å². The molecule has 16 heavy (non-hydrogen) atoms. The fraction of sp³-hybridized carbons (Fsp3) is 0.333. The molecular formula is C12H13NO3. The Kier molecular flexibility index (Phi) is 3.90. The summed E-state index contributed by atoms with van der Waals surface area (Å²) in [5.41, 5.74) is 1.75. The normalized spacial score (nSPS) is 9.56. The Morgan fingerprint density at radius 2 is 2.19 bits per heavy atom. The molecule has 1 N–H and O–H groups in total. The first-order valence-corrected chi connectivity index (χ1v) is 4.94. The molecule has 1 aromatic carbocycles. The summed E-state index contributed by atoms with van der Waals surface area (Å²) in [5, 5.41) is 18.5. The van der Waals surface area contributed by atoms with E-state index in [1.54, 1.807) is 6.07 Å². The van der Waals surface area contributed by atoms with Crippen molar-refractivity contribution in [3.05, 3.63) is 28.8 Å². The van der Waals surface area contributed by atoms with Crippen molar-refractivity contribution in [3.63, 3.8) is 0 Å². The van der Waals surface area contributed by atoms with E-state index in [1.165, 1.54) is 13.2 Å². The molecule has 0 unspecified atom stereocenters. The summed E-state index contributed by atoms with van der Waals surface area (Å²) in [6.07, 6.45) is 0.693. The monoisotopic (exact) mass is 219 g/mol. The van der Waals surface area contributed by atoms with Gasteiger partial charge in [-0.25, -0.2) is 0 Å². The van der Waals surface area contributed by atoms with Gasteiger partial charge in [0.05, 0.1) is 25.2 Å². The first kappa shape index (κ1) is 12.1. The van der Waals surface area contributed by atoms with E-state index in [0.717, 1.165) is 5.56 Å². The predicted octanol–water partition coefficient (Wildman–Crippen LogP) is 1.54. The smallest absolute Gasteiger partial charge is 0.310 e. The summed E-state index contributed by atoms with van der Waals surface area (Å²) in [6.45, 7) is 1.91. The minimum absolute atomic E-state index is 0.0149. The maximum atomic E-state index is 11.1. The molecule has 0 spiro atoms. The molecule has 0 heterocycles. The zero-order chi connectivity index (χ0) is 12.1. The zero-order valence-electron chi connectivity index (χ0n) is 9.28. The average Bonchev–Trinajstić information content (AvgIpc) is 2.30. The number of nitriles is 1. The lowest BCUT2D eigenvalue weighted by molar-refractivity contribution is -0.139. The molecular weight excluding hydrogens is 206 g/mol. The van der Waals surface area contributed by atoms with Gasteiger partial charge in [0.2, 0.25) is 0 Å². The van der Waals surface area contributed by atoms with Crippen LogP contribution in [0.3, 0.4) is 0 Å². The van der Waals surface area contributed by atoms with E-state index in [1.807, 2.05) is 13.0 Å². The number of hydrogen-bond acceptors (Lipinski definition) is 4. The molecule has 0 saturated carbocycles. The van der Waals surface area contributed by atoms with Crippen molar-refractivity contribution in [1.29, 1.82) is 5.26 Å². The van der Waals surface area contributed by atoms with E-state index >= 15 is 0 Å². The molecule has 0 aliphatic rings. The summed E-state index contributed by atoms with van der Waals surface area (Å²) in [6, 6.07) is 5.06. The highest BCUT2D eigenvalue weighted by Gasteiger charge is 2.11. The minimum Gasteiger partial charge on any atom is -0.508 e. The van der Waals surface area contributed by atoms with Gasteiger partial charge in [-0.1, -0.05) is 13.0 Å². The molecule has 0 aromatic heterocycles. The number of carbonyl (C=O) groups is 1. The number of ether oxygens (including phenoxy) is 1. The number of phenolic OH excluding ortho intramolecular Hbond substituents is 1. The lowest BCUT2D eigenvalue weighted by Crippen LogP contribution is -2.05. The quantitative estimate of drug-likeness (QED) is 0.783. The second-order valence-electron chi connectivity index (χ2n) is 3.36. The number of methoxy groups -OCH3 is 1. The van der Waals surface area contributed by atoms with Gasteiger partial charge >= 0.3 is 5.97 Å². The maximum Gasteiger partial charge on any atom is 0.310 e. The van der Waals surface area contributed by atoms with Crippen LogP contribution in [0.25, 0.3) is 0 Å². The molecule has 1 aromatic rings. The molecule has 1 rings (SSSR count). The highest BCUT2D eigenvalue weighted by Crippen LogP contribution is 2.23. The number of carbonyl (C=O) groups excluding carboxylic acids is 1. The van der Waals surface area contributed by atoms with E-state index in [9.17, 15) is 9.90 Å². The van der Waals surface area contributed by atoms with Crippen LogP contribution in [-0.2, 0) is 22.4 Å². The fourth-order valence-corrected chi connectivity index (χ4v) is 1.45. The van der Waals surface area contributed by atoms with Crippen LogP contribution in [0.5, 0.6) is 5.75 Å². The number of phenols is 1. The molecule has 0 aliphatic heterocycles. The number of esters is 1. The van der Waals surface area contributed by atoms with Crippen LogP contribution in [0.1, 0.15) is 23.6 Å². The third kappa shape index (κ3) is 2.51. The third-order valence-corrected chi connectivity index (χ3v) is 2.37. The van der Waals surface area contributed by atoms with Gasteiger partial charge in [0.1, 0.15) is 5.75 Å². The lowest BCUT2D eigenvalue weighted by Gasteiger charge is -2.07. The van der Waals surface area contributed by atoms with Crippen molar-refractivity contribution < 1.29 is 14.6 Å². The summed E-state index contributed by atoms with van der Waals surface area (Å²) in [5.74, 6) is -0.457. The van der Waals surface area contributed by atoms with E-state index < -0.39 is 5.97 Å². The molecule has 4 nitrogen and oxygen atoms in total. The number of aryl methyl sites for hydroxylation is 1. The van der Waals surface area contributed by atoms with Crippen molar-refractivity contribution in [1.82, 2.24) is 0 Å². The predicted molar refractivity (Wildman–Crippen MR) is 57.9 cm³/mol. The highest BCUT2D eigenvalue weighted by molar-refractivity contribution is 5.73. The molecule has 84 valence electrons. The Morgan fingerprint density at radius 1 is 1.50 bits per heavy atom. The molecule has 0 radical (unpaired) electrons. The molecule has 0 aliphatic carbocycles. The van der Waals surface area contributed by atoms with Gasteiger partial charge in [-0.3, -0.25) is 4.79 Å². The molecule has 0 atom stereocenters. The summed E-state index contributed by atoms with van der Waals surface area (Å²) in [4.78, 5) is 11.1. The van der Waals surface area contributed by atoms with E-state index in [-0.39, 0.29) is 12.2 Å². The number of aromatic hydroxyl groups is 1. The third-order valence-electron chi connectivity index (χ3n) is 2.37. The summed E-state index contributed by atoms with van der Waals surface area (Å²) < 4.78 is 4.52. The standard InChI is InChI=1S/C12H13NO3/c1-3-8-4-9(6-12(15)16-2)11(14)5-10(8)7-13/h4-5,14H,3,6H2,1-2H3. The van der Waals surface area contributed by atoms with E-state index in [2.05, 4.69) is 4.74 Å². The SMILES string of the molecule is CCc1cc(CC(=O)OC)c(O)cc1C#N. The first-order chi connectivity index (χ1) is 7.62. The van der Waals surface area contributed by atoms with Crippen molar-refractivity contribution in [2.24, 2.45) is 0 Å². The number of hydrogen-bond donors (Lipinski definition) is 1. The number of benzene rings is 1. The van der Waals surface area contributed by atoms with E-state index in [0.29, 0.717) is 17.5 Å². The second kappa shape index (κ2) is 5.17. The molecule has 0 bridgehead atoms. The Hall–Kier alpha value is -2.02. The van der Waals surface area contributed by atoms with Gasteiger partial charge < -0.3 is 9.84 Å². The lowest BCUT2D eigenvalue weighted by atomic mass is 10.00.